The maximum Gasteiger partial charge on any atom is 0.317 e. The van der Waals surface area contributed by atoms with Crippen molar-refractivity contribution in [3.8, 4) is 0 Å². The average molecular weight is 202 g/mol. The normalized spacial score (nSPS) is 13.5. The summed E-state index contributed by atoms with van der Waals surface area (Å²) in [5.74, 6) is -0.0336. The van der Waals surface area contributed by atoms with Crippen LogP contribution in [0, 0.1) is 5.92 Å². The molecule has 0 fully saturated rings. The van der Waals surface area contributed by atoms with Gasteiger partial charge in [-0.1, -0.05) is 12.1 Å². The van der Waals surface area contributed by atoms with Crippen molar-refractivity contribution >= 4 is 11.9 Å². The lowest BCUT2D eigenvalue weighted by atomic mass is 10.1. The van der Waals surface area contributed by atoms with Crippen molar-refractivity contribution in [2.45, 2.75) is 13.8 Å². The minimum absolute atomic E-state index is 0.126. The minimum Gasteiger partial charge on any atom is -0.409 e. The Morgan fingerprint density at radius 3 is 2.71 bits per heavy atom. The third-order valence-corrected chi connectivity index (χ3v) is 1.84. The van der Waals surface area contributed by atoms with Crippen LogP contribution < -0.4 is 11.1 Å². The van der Waals surface area contributed by atoms with Crippen molar-refractivity contribution in [2.24, 2.45) is 16.8 Å². The molecular formula is C8H18N4O2. The molecule has 4 N–H and O–H groups in total. The molecule has 0 saturated carbocycles. The first-order valence-electron chi connectivity index (χ1n) is 4.49. The first kappa shape index (κ1) is 12.5. The molecule has 0 bridgehead atoms. The molecule has 0 aromatic heterocycles. The zero-order valence-electron chi connectivity index (χ0n) is 8.82. The molecule has 0 aromatic rings. The summed E-state index contributed by atoms with van der Waals surface area (Å²) in [6.07, 6.45) is 0. The van der Waals surface area contributed by atoms with E-state index >= 15 is 0 Å². The highest BCUT2D eigenvalue weighted by Gasteiger charge is 2.14. The maximum atomic E-state index is 11.3. The van der Waals surface area contributed by atoms with Gasteiger partial charge in [0.25, 0.3) is 0 Å². The van der Waals surface area contributed by atoms with E-state index < -0.39 is 0 Å². The van der Waals surface area contributed by atoms with Crippen molar-refractivity contribution in [1.29, 1.82) is 0 Å². The van der Waals surface area contributed by atoms with E-state index in [2.05, 4.69) is 10.5 Å². The van der Waals surface area contributed by atoms with E-state index in [0.29, 0.717) is 13.1 Å². The first-order chi connectivity index (χ1) is 6.52. The third-order valence-electron chi connectivity index (χ3n) is 1.84. The summed E-state index contributed by atoms with van der Waals surface area (Å²) in [6, 6.07) is -0.162. The number of hydrogen-bond acceptors (Lipinski definition) is 3. The monoisotopic (exact) mass is 202 g/mol. The predicted molar refractivity (Wildman–Crippen MR) is 54.3 cm³/mol. The number of urea groups is 1. The van der Waals surface area contributed by atoms with E-state index in [1.807, 2.05) is 6.92 Å². The second-order valence-corrected chi connectivity index (χ2v) is 3.14. The Labute approximate surface area is 83.7 Å². The van der Waals surface area contributed by atoms with Crippen LogP contribution in [-0.2, 0) is 0 Å². The number of rotatable bonds is 4. The molecule has 82 valence electrons. The molecule has 0 aromatic carbocycles. The average Bonchev–Trinajstić information content (AvgIpc) is 2.16. The topological polar surface area (TPSA) is 91.0 Å². The predicted octanol–water partition coefficient (Wildman–Crippen LogP) is 0.0302. The maximum absolute atomic E-state index is 11.3. The number of carbonyl (C=O) groups is 1. The molecule has 0 aliphatic rings. The zero-order valence-corrected chi connectivity index (χ0v) is 8.82. The fourth-order valence-electron chi connectivity index (χ4n) is 0.972. The molecule has 1 unspecified atom stereocenters. The second kappa shape index (κ2) is 6.06. The van der Waals surface area contributed by atoms with Gasteiger partial charge >= 0.3 is 6.03 Å². The van der Waals surface area contributed by atoms with Crippen LogP contribution in [0.3, 0.4) is 0 Å². The van der Waals surface area contributed by atoms with Crippen LogP contribution in [0.15, 0.2) is 5.16 Å². The lowest BCUT2D eigenvalue weighted by Gasteiger charge is -2.20. The zero-order chi connectivity index (χ0) is 11.1. The Hall–Kier alpha value is -1.46. The van der Waals surface area contributed by atoms with E-state index in [-0.39, 0.29) is 17.8 Å². The summed E-state index contributed by atoms with van der Waals surface area (Å²) >= 11 is 0. The number of oxime groups is 1. The molecule has 0 aliphatic carbocycles. The van der Waals surface area contributed by atoms with E-state index in [1.165, 1.54) is 4.90 Å². The number of nitrogens with zero attached hydrogens (tertiary/aromatic N) is 2. The molecule has 0 rings (SSSR count). The fourth-order valence-corrected chi connectivity index (χ4v) is 0.972. The quantitative estimate of drug-likeness (QED) is 0.260. The summed E-state index contributed by atoms with van der Waals surface area (Å²) < 4.78 is 0. The van der Waals surface area contributed by atoms with Gasteiger partial charge in [0.2, 0.25) is 0 Å². The van der Waals surface area contributed by atoms with Crippen molar-refractivity contribution in [2.75, 3.05) is 20.1 Å². The van der Waals surface area contributed by atoms with Gasteiger partial charge in [-0.2, -0.15) is 0 Å². The molecule has 6 heteroatoms. The highest BCUT2D eigenvalue weighted by Crippen LogP contribution is 1.98. The van der Waals surface area contributed by atoms with Gasteiger partial charge in [-0.15, -0.1) is 0 Å². The van der Waals surface area contributed by atoms with E-state index in [9.17, 15) is 4.79 Å². The molecule has 6 nitrogen and oxygen atoms in total. The van der Waals surface area contributed by atoms with Crippen LogP contribution >= 0.6 is 0 Å². The smallest absolute Gasteiger partial charge is 0.317 e. The number of amides is 2. The standard InChI is InChI=1S/C8H18N4O2/c1-4-10-8(13)12(3)5-6(2)7(9)11-14/h6,14H,4-5H2,1-3H3,(H2,9,11)(H,10,13). The number of hydrogen-bond donors (Lipinski definition) is 3. The van der Waals surface area contributed by atoms with Gasteiger partial charge in [0.05, 0.1) is 0 Å². The highest BCUT2D eigenvalue weighted by molar-refractivity contribution is 5.83. The molecule has 0 radical (unpaired) electrons. The van der Waals surface area contributed by atoms with Gasteiger partial charge in [-0.3, -0.25) is 0 Å². The van der Waals surface area contributed by atoms with Crippen molar-refractivity contribution in [3.05, 3.63) is 0 Å². The van der Waals surface area contributed by atoms with Crippen molar-refractivity contribution in [3.63, 3.8) is 0 Å². The lowest BCUT2D eigenvalue weighted by Crippen LogP contribution is -2.41. The lowest BCUT2D eigenvalue weighted by molar-refractivity contribution is 0.206. The molecule has 0 aliphatic heterocycles. The Morgan fingerprint density at radius 1 is 1.71 bits per heavy atom. The molecule has 0 saturated heterocycles. The first-order valence-corrected chi connectivity index (χ1v) is 4.49. The largest absolute Gasteiger partial charge is 0.409 e. The molecule has 2 amide bonds. The van der Waals surface area contributed by atoms with E-state index in [4.69, 9.17) is 10.9 Å². The second-order valence-electron chi connectivity index (χ2n) is 3.14. The van der Waals surface area contributed by atoms with Crippen LogP contribution in [0.5, 0.6) is 0 Å². The summed E-state index contributed by atoms with van der Waals surface area (Å²) in [6.45, 7) is 4.63. The molecule has 1 atom stereocenters. The third kappa shape index (κ3) is 3.97. The van der Waals surface area contributed by atoms with E-state index in [1.54, 1.807) is 14.0 Å². The van der Waals surface area contributed by atoms with Gasteiger partial charge in [0.15, 0.2) is 0 Å². The van der Waals surface area contributed by atoms with Gasteiger partial charge < -0.3 is 21.2 Å². The van der Waals surface area contributed by atoms with Crippen LogP contribution in [0.2, 0.25) is 0 Å². The molecule has 0 heterocycles. The van der Waals surface area contributed by atoms with Crippen LogP contribution in [0.1, 0.15) is 13.8 Å². The number of carbonyl (C=O) groups excluding carboxylic acids is 1. The van der Waals surface area contributed by atoms with Gasteiger partial charge in [0.1, 0.15) is 5.84 Å². The molecular weight excluding hydrogens is 184 g/mol. The summed E-state index contributed by atoms with van der Waals surface area (Å²) in [5.41, 5.74) is 5.38. The number of nitrogens with one attached hydrogen (secondary N) is 1. The fraction of sp³-hybridized carbons (Fsp3) is 0.750. The SMILES string of the molecule is CCNC(=O)N(C)CC(C)C(N)=NO. The summed E-state index contributed by atoms with van der Waals surface area (Å²) in [5, 5.41) is 13.9. The number of amidine groups is 1. The van der Waals surface area contributed by atoms with Crippen molar-refractivity contribution in [1.82, 2.24) is 10.2 Å². The number of nitrogens with two attached hydrogens (primary N) is 1. The molecule has 14 heavy (non-hydrogen) atoms. The summed E-state index contributed by atoms with van der Waals surface area (Å²) in [7, 11) is 1.66. The van der Waals surface area contributed by atoms with Gasteiger partial charge in [-0.05, 0) is 6.92 Å². The van der Waals surface area contributed by atoms with E-state index in [0.717, 1.165) is 0 Å². The van der Waals surface area contributed by atoms with Crippen molar-refractivity contribution < 1.29 is 10.0 Å². The molecule has 0 spiro atoms. The minimum atomic E-state index is -0.162. The Bertz CT molecular complexity index is 217. The van der Waals surface area contributed by atoms with Crippen LogP contribution in [0.25, 0.3) is 0 Å². The highest BCUT2D eigenvalue weighted by atomic mass is 16.4. The Balaban J connectivity index is 4.05. The van der Waals surface area contributed by atoms with Gasteiger partial charge in [0, 0.05) is 26.1 Å². The summed E-state index contributed by atoms with van der Waals surface area (Å²) in [4.78, 5) is 12.8. The van der Waals surface area contributed by atoms with Gasteiger partial charge in [-0.25, -0.2) is 4.79 Å². The van der Waals surface area contributed by atoms with Crippen LogP contribution in [0.4, 0.5) is 4.79 Å². The Morgan fingerprint density at radius 2 is 2.29 bits per heavy atom. The Kier molecular flexibility index (Phi) is 5.43. The van der Waals surface area contributed by atoms with Crippen LogP contribution in [-0.4, -0.2) is 42.1 Å².